The van der Waals surface area contributed by atoms with Gasteiger partial charge >= 0.3 is 0 Å². The van der Waals surface area contributed by atoms with Crippen LogP contribution in [0.2, 0.25) is 5.02 Å². The van der Waals surface area contributed by atoms with Crippen molar-refractivity contribution in [2.24, 2.45) is 0 Å². The summed E-state index contributed by atoms with van der Waals surface area (Å²) in [6, 6.07) is 11.6. The Morgan fingerprint density at radius 1 is 0.967 bits per heavy atom. The smallest absolute Gasteiger partial charge is 0.246 e. The van der Waals surface area contributed by atoms with Crippen LogP contribution in [0, 0.1) is 0 Å². The van der Waals surface area contributed by atoms with Gasteiger partial charge in [0.15, 0.2) is 11.5 Å². The molecule has 1 saturated heterocycles. The molecule has 2 aromatic carbocycles. The van der Waals surface area contributed by atoms with Gasteiger partial charge in [0.2, 0.25) is 5.91 Å². The Kier molecular flexibility index (Phi) is 7.46. The topological polar surface area (TPSA) is 51.2 Å². The summed E-state index contributed by atoms with van der Waals surface area (Å²) in [6.45, 7) is 3.09. The first-order valence-electron chi connectivity index (χ1n) is 9.83. The van der Waals surface area contributed by atoms with Crippen LogP contribution in [-0.4, -0.2) is 58.3 Å². The van der Waals surface area contributed by atoms with E-state index >= 15 is 0 Å². The van der Waals surface area contributed by atoms with E-state index in [1.807, 2.05) is 17.0 Å². The minimum absolute atomic E-state index is 0.0162. The van der Waals surface area contributed by atoms with Gasteiger partial charge in [-0.3, -0.25) is 4.79 Å². The molecule has 1 aliphatic heterocycles. The SMILES string of the molecule is COc1ccc(N2CCCN(C(=O)/C=C/c3cc(Cl)c(OC)c(OC)c3)CC2)cc1. The van der Waals surface area contributed by atoms with Gasteiger partial charge in [-0.25, -0.2) is 0 Å². The number of halogens is 1. The highest BCUT2D eigenvalue weighted by Crippen LogP contribution is 2.36. The Hall–Kier alpha value is -2.86. The summed E-state index contributed by atoms with van der Waals surface area (Å²) in [7, 11) is 4.75. The maximum atomic E-state index is 12.7. The molecule has 1 amide bonds. The van der Waals surface area contributed by atoms with E-state index in [-0.39, 0.29) is 5.91 Å². The maximum absolute atomic E-state index is 12.7. The third-order valence-electron chi connectivity index (χ3n) is 5.12. The van der Waals surface area contributed by atoms with Gasteiger partial charge < -0.3 is 24.0 Å². The summed E-state index contributed by atoms with van der Waals surface area (Å²) in [5, 5.41) is 0.439. The summed E-state index contributed by atoms with van der Waals surface area (Å²) in [5.74, 6) is 1.83. The van der Waals surface area contributed by atoms with Gasteiger partial charge in [0, 0.05) is 37.9 Å². The lowest BCUT2D eigenvalue weighted by Crippen LogP contribution is -2.34. The molecule has 1 aliphatic rings. The summed E-state index contributed by atoms with van der Waals surface area (Å²) in [5.41, 5.74) is 1.92. The van der Waals surface area contributed by atoms with Crippen LogP contribution in [-0.2, 0) is 4.79 Å². The van der Waals surface area contributed by atoms with E-state index in [0.29, 0.717) is 23.1 Å². The first kappa shape index (κ1) is 21.8. The molecule has 0 bridgehead atoms. The number of hydrogen-bond acceptors (Lipinski definition) is 5. The maximum Gasteiger partial charge on any atom is 0.246 e. The highest BCUT2D eigenvalue weighted by atomic mass is 35.5. The van der Waals surface area contributed by atoms with Crippen LogP contribution in [0.1, 0.15) is 12.0 Å². The molecular weight excluding hydrogens is 404 g/mol. The molecule has 0 saturated carbocycles. The van der Waals surface area contributed by atoms with Crippen LogP contribution in [0.3, 0.4) is 0 Å². The Morgan fingerprint density at radius 3 is 2.40 bits per heavy atom. The van der Waals surface area contributed by atoms with Gasteiger partial charge in [-0.05, 0) is 54.5 Å². The lowest BCUT2D eigenvalue weighted by molar-refractivity contribution is -0.125. The molecule has 2 aromatic rings. The fourth-order valence-electron chi connectivity index (χ4n) is 3.50. The highest BCUT2D eigenvalue weighted by molar-refractivity contribution is 6.32. The number of rotatable bonds is 6. The van der Waals surface area contributed by atoms with E-state index in [1.165, 1.54) is 7.11 Å². The number of ether oxygens (including phenoxy) is 3. The third kappa shape index (κ3) is 5.19. The average Bonchev–Trinajstić information content (AvgIpc) is 3.03. The van der Waals surface area contributed by atoms with Crippen molar-refractivity contribution in [3.05, 3.63) is 53.1 Å². The van der Waals surface area contributed by atoms with E-state index < -0.39 is 0 Å². The van der Waals surface area contributed by atoms with Crippen LogP contribution in [0.4, 0.5) is 5.69 Å². The molecule has 0 spiro atoms. The lowest BCUT2D eigenvalue weighted by atomic mass is 10.2. The summed E-state index contributed by atoms with van der Waals surface area (Å²) < 4.78 is 15.8. The molecule has 30 heavy (non-hydrogen) atoms. The predicted molar refractivity (Wildman–Crippen MR) is 120 cm³/mol. The minimum Gasteiger partial charge on any atom is -0.497 e. The van der Waals surface area contributed by atoms with Crippen molar-refractivity contribution in [1.29, 1.82) is 0 Å². The zero-order valence-corrected chi connectivity index (χ0v) is 18.3. The Balaban J connectivity index is 1.64. The quantitative estimate of drug-likeness (QED) is 0.645. The van der Waals surface area contributed by atoms with Crippen molar-refractivity contribution in [2.45, 2.75) is 6.42 Å². The van der Waals surface area contributed by atoms with E-state index in [1.54, 1.807) is 38.5 Å². The third-order valence-corrected chi connectivity index (χ3v) is 5.40. The molecule has 0 unspecified atom stereocenters. The van der Waals surface area contributed by atoms with E-state index in [2.05, 4.69) is 17.0 Å². The second-order valence-corrected chi connectivity index (χ2v) is 7.34. The van der Waals surface area contributed by atoms with E-state index in [9.17, 15) is 4.79 Å². The number of carbonyl (C=O) groups excluding carboxylic acids is 1. The second kappa shape index (κ2) is 10.3. The van der Waals surface area contributed by atoms with Crippen LogP contribution < -0.4 is 19.1 Å². The van der Waals surface area contributed by atoms with Gasteiger partial charge in [-0.2, -0.15) is 0 Å². The first-order valence-corrected chi connectivity index (χ1v) is 10.2. The second-order valence-electron chi connectivity index (χ2n) is 6.94. The van der Waals surface area contributed by atoms with Gasteiger partial charge in [0.25, 0.3) is 0 Å². The summed E-state index contributed by atoms with van der Waals surface area (Å²) in [6.07, 6.45) is 4.25. The van der Waals surface area contributed by atoms with Crippen molar-refractivity contribution >= 4 is 29.3 Å². The summed E-state index contributed by atoms with van der Waals surface area (Å²) in [4.78, 5) is 16.9. The zero-order chi connectivity index (χ0) is 21.5. The van der Waals surface area contributed by atoms with Crippen molar-refractivity contribution in [1.82, 2.24) is 4.90 Å². The Labute approximate surface area is 182 Å². The predicted octanol–water partition coefficient (Wildman–Crippen LogP) is 4.12. The summed E-state index contributed by atoms with van der Waals surface area (Å²) >= 11 is 6.24. The monoisotopic (exact) mass is 430 g/mol. The molecule has 7 heteroatoms. The minimum atomic E-state index is -0.0162. The molecule has 3 rings (SSSR count). The highest BCUT2D eigenvalue weighted by Gasteiger charge is 2.18. The van der Waals surface area contributed by atoms with Crippen molar-refractivity contribution in [3.8, 4) is 17.2 Å². The van der Waals surface area contributed by atoms with Crippen molar-refractivity contribution in [2.75, 3.05) is 52.4 Å². The van der Waals surface area contributed by atoms with Crippen LogP contribution in [0.25, 0.3) is 6.08 Å². The molecule has 0 N–H and O–H groups in total. The number of amides is 1. The van der Waals surface area contributed by atoms with Gasteiger partial charge in [-0.1, -0.05) is 11.6 Å². The number of benzene rings is 2. The molecule has 1 fully saturated rings. The first-order chi connectivity index (χ1) is 14.5. The molecule has 0 aromatic heterocycles. The molecule has 0 aliphatic carbocycles. The Bertz CT molecular complexity index is 899. The standard InChI is InChI=1S/C23H27ClN2O4/c1-28-19-8-6-18(7-9-19)25-11-4-12-26(14-13-25)22(27)10-5-17-15-20(24)23(30-3)21(16-17)29-2/h5-10,15-16H,4,11-14H2,1-3H3/b10-5+. The number of carbonyl (C=O) groups is 1. The molecule has 160 valence electrons. The number of hydrogen-bond donors (Lipinski definition) is 0. The van der Waals surface area contributed by atoms with Gasteiger partial charge in [0.05, 0.1) is 26.4 Å². The molecular formula is C23H27ClN2O4. The van der Waals surface area contributed by atoms with Crippen LogP contribution in [0.5, 0.6) is 17.2 Å². The van der Waals surface area contributed by atoms with E-state index in [4.69, 9.17) is 25.8 Å². The largest absolute Gasteiger partial charge is 0.497 e. The van der Waals surface area contributed by atoms with Gasteiger partial charge in [-0.15, -0.1) is 0 Å². The Morgan fingerprint density at radius 2 is 1.73 bits per heavy atom. The van der Waals surface area contributed by atoms with E-state index in [0.717, 1.165) is 43.1 Å². The lowest BCUT2D eigenvalue weighted by Gasteiger charge is -2.23. The molecule has 0 atom stereocenters. The van der Waals surface area contributed by atoms with Gasteiger partial charge in [0.1, 0.15) is 5.75 Å². The number of methoxy groups -OCH3 is 3. The van der Waals surface area contributed by atoms with Crippen LogP contribution in [0.15, 0.2) is 42.5 Å². The fourth-order valence-corrected chi connectivity index (χ4v) is 3.79. The zero-order valence-electron chi connectivity index (χ0n) is 17.6. The molecule has 6 nitrogen and oxygen atoms in total. The molecule has 0 radical (unpaired) electrons. The van der Waals surface area contributed by atoms with Crippen LogP contribution >= 0.6 is 11.6 Å². The normalized spacial score (nSPS) is 14.5. The molecule has 1 heterocycles. The van der Waals surface area contributed by atoms with Crippen molar-refractivity contribution in [3.63, 3.8) is 0 Å². The fraction of sp³-hybridized carbons (Fsp3) is 0.348. The number of nitrogens with zero attached hydrogens (tertiary/aromatic N) is 2. The number of anilines is 1. The average molecular weight is 431 g/mol. The van der Waals surface area contributed by atoms with Crippen molar-refractivity contribution < 1.29 is 19.0 Å².